The van der Waals surface area contributed by atoms with Crippen LogP contribution in [0.25, 0.3) is 0 Å². The Morgan fingerprint density at radius 3 is 2.44 bits per heavy atom. The van der Waals surface area contributed by atoms with Gasteiger partial charge in [0, 0.05) is 24.7 Å². The van der Waals surface area contributed by atoms with E-state index in [4.69, 9.17) is 5.26 Å². The maximum atomic E-state index is 8.95. The Hall–Kier alpha value is -1.49. The van der Waals surface area contributed by atoms with Crippen LogP contribution in [0, 0.1) is 31.1 Å². The van der Waals surface area contributed by atoms with Gasteiger partial charge in [-0.15, -0.1) is 0 Å². The van der Waals surface area contributed by atoms with Gasteiger partial charge < -0.3 is 4.90 Å². The van der Waals surface area contributed by atoms with Crippen molar-refractivity contribution in [3.63, 3.8) is 0 Å². The third-order valence-corrected chi connectivity index (χ3v) is 4.17. The van der Waals surface area contributed by atoms with Crippen molar-refractivity contribution < 1.29 is 0 Å². The van der Waals surface area contributed by atoms with Crippen molar-refractivity contribution in [1.82, 2.24) is 0 Å². The number of aryl methyl sites for hydroxylation is 2. The monoisotopic (exact) mass is 242 g/mol. The standard InChI is InChI=1S/C16H22N2/c1-12-4-5-13(2)16(10-12)18(3)15-8-6-14(11-17)7-9-15/h4-5,10,14-15H,6-9H2,1-3H3. The van der Waals surface area contributed by atoms with Crippen LogP contribution in [0.4, 0.5) is 5.69 Å². The summed E-state index contributed by atoms with van der Waals surface area (Å²) in [5.41, 5.74) is 3.99. The number of hydrogen-bond donors (Lipinski definition) is 0. The molecule has 0 atom stereocenters. The van der Waals surface area contributed by atoms with E-state index in [1.165, 1.54) is 16.8 Å². The maximum absolute atomic E-state index is 8.95. The Morgan fingerprint density at radius 1 is 1.17 bits per heavy atom. The lowest BCUT2D eigenvalue weighted by Gasteiger charge is -2.35. The lowest BCUT2D eigenvalue weighted by molar-refractivity contribution is 0.372. The molecular weight excluding hydrogens is 220 g/mol. The molecule has 1 saturated carbocycles. The minimum atomic E-state index is 0.285. The van der Waals surface area contributed by atoms with Crippen LogP contribution in [-0.4, -0.2) is 13.1 Å². The second-order valence-corrected chi connectivity index (χ2v) is 5.54. The van der Waals surface area contributed by atoms with Crippen molar-refractivity contribution in [1.29, 1.82) is 5.26 Å². The van der Waals surface area contributed by atoms with Crippen molar-refractivity contribution in [3.05, 3.63) is 29.3 Å². The molecule has 1 fully saturated rings. The largest absolute Gasteiger partial charge is 0.371 e. The molecule has 0 unspecified atom stereocenters. The van der Waals surface area contributed by atoms with Crippen LogP contribution in [0.5, 0.6) is 0 Å². The van der Waals surface area contributed by atoms with E-state index in [2.05, 4.69) is 50.1 Å². The van der Waals surface area contributed by atoms with Gasteiger partial charge in [-0.1, -0.05) is 12.1 Å². The Balaban J connectivity index is 2.10. The molecule has 1 aromatic carbocycles. The summed E-state index contributed by atoms with van der Waals surface area (Å²) in [6.45, 7) is 4.32. The van der Waals surface area contributed by atoms with Crippen molar-refractivity contribution in [2.75, 3.05) is 11.9 Å². The predicted octanol–water partition coefficient (Wildman–Crippen LogP) is 3.82. The molecule has 96 valence electrons. The molecule has 0 N–H and O–H groups in total. The fraction of sp³-hybridized carbons (Fsp3) is 0.562. The van der Waals surface area contributed by atoms with Gasteiger partial charge in [0.25, 0.3) is 0 Å². The van der Waals surface area contributed by atoms with Gasteiger partial charge >= 0.3 is 0 Å². The molecule has 18 heavy (non-hydrogen) atoms. The van der Waals surface area contributed by atoms with E-state index in [1.54, 1.807) is 0 Å². The number of nitriles is 1. The topological polar surface area (TPSA) is 27.0 Å². The molecule has 0 heterocycles. The van der Waals surface area contributed by atoms with Crippen LogP contribution in [0.1, 0.15) is 36.8 Å². The first-order valence-corrected chi connectivity index (χ1v) is 6.81. The fourth-order valence-corrected chi connectivity index (χ4v) is 2.89. The van der Waals surface area contributed by atoms with Crippen LogP contribution >= 0.6 is 0 Å². The highest BCUT2D eigenvalue weighted by molar-refractivity contribution is 5.55. The number of hydrogen-bond acceptors (Lipinski definition) is 2. The van der Waals surface area contributed by atoms with Gasteiger partial charge in [-0.05, 0) is 56.7 Å². The first kappa shape index (κ1) is 13.0. The number of anilines is 1. The second-order valence-electron chi connectivity index (χ2n) is 5.54. The van der Waals surface area contributed by atoms with E-state index in [-0.39, 0.29) is 5.92 Å². The Morgan fingerprint density at radius 2 is 1.83 bits per heavy atom. The van der Waals surface area contributed by atoms with Crippen LogP contribution < -0.4 is 4.90 Å². The number of rotatable bonds is 2. The smallest absolute Gasteiger partial charge is 0.0655 e. The first-order chi connectivity index (χ1) is 8.61. The lowest BCUT2D eigenvalue weighted by Crippen LogP contribution is -2.35. The molecule has 0 aliphatic heterocycles. The summed E-state index contributed by atoms with van der Waals surface area (Å²) in [5, 5.41) is 8.95. The summed E-state index contributed by atoms with van der Waals surface area (Å²) in [5.74, 6) is 0.285. The van der Waals surface area contributed by atoms with Crippen LogP contribution in [0.3, 0.4) is 0 Å². The maximum Gasteiger partial charge on any atom is 0.0655 e. The minimum absolute atomic E-state index is 0.285. The van der Waals surface area contributed by atoms with Gasteiger partial charge in [-0.3, -0.25) is 0 Å². The van der Waals surface area contributed by atoms with Crippen LogP contribution in [-0.2, 0) is 0 Å². The molecule has 1 aliphatic rings. The number of benzene rings is 1. The Labute approximate surface area is 110 Å². The summed E-state index contributed by atoms with van der Waals surface area (Å²) in [7, 11) is 2.19. The quantitative estimate of drug-likeness (QED) is 0.788. The van der Waals surface area contributed by atoms with Crippen molar-refractivity contribution in [2.24, 2.45) is 5.92 Å². The van der Waals surface area contributed by atoms with Gasteiger partial charge in [-0.2, -0.15) is 5.26 Å². The van der Waals surface area contributed by atoms with Crippen LogP contribution in [0.15, 0.2) is 18.2 Å². The van der Waals surface area contributed by atoms with Gasteiger partial charge in [0.15, 0.2) is 0 Å². The third kappa shape index (κ3) is 2.67. The Bertz CT molecular complexity index is 451. The Kier molecular flexibility index (Phi) is 3.91. The van der Waals surface area contributed by atoms with E-state index in [9.17, 15) is 0 Å². The molecule has 2 nitrogen and oxygen atoms in total. The molecule has 0 radical (unpaired) electrons. The molecule has 2 rings (SSSR count). The predicted molar refractivity (Wildman–Crippen MR) is 75.7 cm³/mol. The summed E-state index contributed by atoms with van der Waals surface area (Å²) in [6.07, 6.45) is 4.39. The number of nitrogens with zero attached hydrogens (tertiary/aromatic N) is 2. The van der Waals surface area contributed by atoms with Gasteiger partial charge in [0.2, 0.25) is 0 Å². The van der Waals surface area contributed by atoms with E-state index >= 15 is 0 Å². The minimum Gasteiger partial charge on any atom is -0.371 e. The average molecular weight is 242 g/mol. The second kappa shape index (κ2) is 5.44. The SMILES string of the molecule is Cc1ccc(C)c(N(C)C2CCC(C#N)CC2)c1. The van der Waals surface area contributed by atoms with Gasteiger partial charge in [0.05, 0.1) is 6.07 Å². The zero-order valence-corrected chi connectivity index (χ0v) is 11.6. The molecule has 0 spiro atoms. The fourth-order valence-electron chi connectivity index (χ4n) is 2.89. The molecular formula is C16H22N2. The first-order valence-electron chi connectivity index (χ1n) is 6.81. The van der Waals surface area contributed by atoms with Crippen molar-refractivity contribution in [2.45, 2.75) is 45.6 Å². The van der Waals surface area contributed by atoms with Crippen molar-refractivity contribution >= 4 is 5.69 Å². The normalized spacial score (nSPS) is 23.4. The zero-order chi connectivity index (χ0) is 13.1. The molecule has 0 amide bonds. The summed E-state index contributed by atoms with van der Waals surface area (Å²) < 4.78 is 0. The van der Waals surface area contributed by atoms with Gasteiger partial charge in [0.1, 0.15) is 0 Å². The molecule has 0 bridgehead atoms. The molecule has 1 aromatic rings. The highest BCUT2D eigenvalue weighted by Gasteiger charge is 2.24. The third-order valence-electron chi connectivity index (χ3n) is 4.17. The highest BCUT2D eigenvalue weighted by Crippen LogP contribution is 2.31. The van der Waals surface area contributed by atoms with Crippen molar-refractivity contribution in [3.8, 4) is 6.07 Å². The summed E-state index contributed by atoms with van der Waals surface area (Å²) in [4.78, 5) is 2.41. The molecule has 0 aromatic heterocycles. The summed E-state index contributed by atoms with van der Waals surface area (Å²) in [6, 6.07) is 9.63. The molecule has 2 heteroatoms. The van der Waals surface area contributed by atoms with Gasteiger partial charge in [-0.25, -0.2) is 0 Å². The van der Waals surface area contributed by atoms with Crippen LogP contribution in [0.2, 0.25) is 0 Å². The lowest BCUT2D eigenvalue weighted by atomic mass is 9.86. The van der Waals surface area contributed by atoms with E-state index in [0.717, 1.165) is 25.7 Å². The van der Waals surface area contributed by atoms with E-state index in [0.29, 0.717) is 6.04 Å². The molecule has 0 saturated heterocycles. The summed E-state index contributed by atoms with van der Waals surface area (Å²) >= 11 is 0. The zero-order valence-electron chi connectivity index (χ0n) is 11.6. The van der Waals surface area contributed by atoms with E-state index < -0.39 is 0 Å². The highest BCUT2D eigenvalue weighted by atomic mass is 15.1. The average Bonchev–Trinajstić information content (AvgIpc) is 2.41. The molecule has 1 aliphatic carbocycles. The van der Waals surface area contributed by atoms with E-state index in [1.807, 2.05) is 0 Å².